The zero-order valence-electron chi connectivity index (χ0n) is 11.4. The van der Waals surface area contributed by atoms with Crippen LogP contribution in [0.4, 0.5) is 0 Å². The SMILES string of the molecule is COc1ccc2c(c1)CCCC2NCCCC(N)=O. The van der Waals surface area contributed by atoms with E-state index in [1.807, 2.05) is 6.07 Å². The molecular formula is C15H22N2O2. The third kappa shape index (κ3) is 3.70. The van der Waals surface area contributed by atoms with Crippen LogP contribution >= 0.6 is 0 Å². The number of nitrogens with one attached hydrogen (secondary N) is 1. The summed E-state index contributed by atoms with van der Waals surface area (Å²) in [6, 6.07) is 6.69. The first kappa shape index (κ1) is 13.9. The van der Waals surface area contributed by atoms with E-state index in [1.54, 1.807) is 7.11 Å². The lowest BCUT2D eigenvalue weighted by Gasteiger charge is -2.27. The van der Waals surface area contributed by atoms with Gasteiger partial charge in [0.25, 0.3) is 0 Å². The van der Waals surface area contributed by atoms with Crippen molar-refractivity contribution in [3.8, 4) is 5.75 Å². The number of hydrogen-bond acceptors (Lipinski definition) is 3. The lowest BCUT2D eigenvalue weighted by molar-refractivity contribution is -0.118. The fraction of sp³-hybridized carbons (Fsp3) is 0.533. The van der Waals surface area contributed by atoms with Crippen LogP contribution in [0.25, 0.3) is 0 Å². The minimum Gasteiger partial charge on any atom is -0.497 e. The van der Waals surface area contributed by atoms with Crippen LogP contribution < -0.4 is 15.8 Å². The van der Waals surface area contributed by atoms with Crippen LogP contribution in [0.15, 0.2) is 18.2 Å². The van der Waals surface area contributed by atoms with E-state index in [-0.39, 0.29) is 5.91 Å². The average molecular weight is 262 g/mol. The molecule has 1 aliphatic rings. The topological polar surface area (TPSA) is 64.3 Å². The summed E-state index contributed by atoms with van der Waals surface area (Å²) >= 11 is 0. The molecule has 1 amide bonds. The summed E-state index contributed by atoms with van der Waals surface area (Å²) in [5.41, 5.74) is 7.88. The maximum absolute atomic E-state index is 10.7. The van der Waals surface area contributed by atoms with Crippen molar-refractivity contribution >= 4 is 5.91 Å². The van der Waals surface area contributed by atoms with Crippen molar-refractivity contribution in [3.63, 3.8) is 0 Å². The van der Waals surface area contributed by atoms with Crippen molar-refractivity contribution in [3.05, 3.63) is 29.3 Å². The number of carbonyl (C=O) groups is 1. The second kappa shape index (κ2) is 6.57. The van der Waals surface area contributed by atoms with Crippen LogP contribution in [-0.2, 0) is 11.2 Å². The number of fused-ring (bicyclic) bond motifs is 1. The summed E-state index contributed by atoms with van der Waals surface area (Å²) < 4.78 is 5.27. The van der Waals surface area contributed by atoms with Crippen molar-refractivity contribution in [1.82, 2.24) is 5.32 Å². The molecule has 0 saturated heterocycles. The fourth-order valence-electron chi connectivity index (χ4n) is 2.67. The minimum atomic E-state index is -0.226. The Morgan fingerprint density at radius 1 is 1.53 bits per heavy atom. The van der Waals surface area contributed by atoms with Crippen LogP contribution in [0.1, 0.15) is 42.9 Å². The van der Waals surface area contributed by atoms with Gasteiger partial charge in [0, 0.05) is 12.5 Å². The van der Waals surface area contributed by atoms with Gasteiger partial charge in [-0.3, -0.25) is 4.79 Å². The molecule has 0 radical (unpaired) electrons. The maximum atomic E-state index is 10.7. The lowest BCUT2D eigenvalue weighted by Crippen LogP contribution is -2.27. The highest BCUT2D eigenvalue weighted by molar-refractivity contribution is 5.73. The van der Waals surface area contributed by atoms with Gasteiger partial charge in [-0.2, -0.15) is 0 Å². The van der Waals surface area contributed by atoms with Crippen LogP contribution in [0.5, 0.6) is 5.75 Å². The van der Waals surface area contributed by atoms with E-state index in [2.05, 4.69) is 17.4 Å². The van der Waals surface area contributed by atoms with Crippen LogP contribution in [0, 0.1) is 0 Å². The minimum absolute atomic E-state index is 0.226. The Morgan fingerprint density at radius 2 is 2.37 bits per heavy atom. The standard InChI is InChI=1S/C15H22N2O2/c1-19-12-7-8-13-11(10-12)4-2-5-14(13)17-9-3-6-15(16)18/h7-8,10,14,17H,2-6,9H2,1H3,(H2,16,18). The molecule has 0 spiro atoms. The van der Waals surface area contributed by atoms with E-state index < -0.39 is 0 Å². The van der Waals surface area contributed by atoms with Crippen molar-refractivity contribution in [2.45, 2.75) is 38.1 Å². The summed E-state index contributed by atoms with van der Waals surface area (Å²) in [4.78, 5) is 10.7. The molecule has 19 heavy (non-hydrogen) atoms. The molecule has 4 nitrogen and oxygen atoms in total. The average Bonchev–Trinajstić information content (AvgIpc) is 2.42. The van der Waals surface area contributed by atoms with Gasteiger partial charge in [-0.1, -0.05) is 6.07 Å². The molecule has 1 atom stereocenters. The molecule has 0 fully saturated rings. The van der Waals surface area contributed by atoms with Crippen molar-refractivity contribution in [2.75, 3.05) is 13.7 Å². The van der Waals surface area contributed by atoms with Gasteiger partial charge in [0.2, 0.25) is 5.91 Å². The lowest BCUT2D eigenvalue weighted by atomic mass is 9.87. The van der Waals surface area contributed by atoms with Gasteiger partial charge in [0.05, 0.1) is 7.11 Å². The third-order valence-electron chi connectivity index (χ3n) is 3.66. The normalized spacial score (nSPS) is 17.8. The molecule has 2 rings (SSSR count). The molecule has 0 aromatic heterocycles. The molecule has 1 aromatic carbocycles. The second-order valence-corrected chi connectivity index (χ2v) is 5.03. The van der Waals surface area contributed by atoms with Gasteiger partial charge in [0.1, 0.15) is 5.75 Å². The Labute approximate surface area is 114 Å². The number of hydrogen-bond donors (Lipinski definition) is 2. The first-order valence-electron chi connectivity index (χ1n) is 6.89. The number of aryl methyl sites for hydroxylation is 1. The number of rotatable bonds is 6. The van der Waals surface area contributed by atoms with Gasteiger partial charge in [0.15, 0.2) is 0 Å². The molecule has 0 heterocycles. The van der Waals surface area contributed by atoms with Crippen LogP contribution in [0.2, 0.25) is 0 Å². The molecule has 1 unspecified atom stereocenters. The number of benzene rings is 1. The van der Waals surface area contributed by atoms with Crippen molar-refractivity contribution < 1.29 is 9.53 Å². The van der Waals surface area contributed by atoms with Gasteiger partial charge in [-0.25, -0.2) is 0 Å². The predicted molar refractivity (Wildman–Crippen MR) is 75.1 cm³/mol. The quantitative estimate of drug-likeness (QED) is 0.770. The summed E-state index contributed by atoms with van der Waals surface area (Å²) in [7, 11) is 1.70. The van der Waals surface area contributed by atoms with E-state index in [0.29, 0.717) is 12.5 Å². The van der Waals surface area contributed by atoms with E-state index in [4.69, 9.17) is 10.5 Å². The highest BCUT2D eigenvalue weighted by atomic mass is 16.5. The summed E-state index contributed by atoms with van der Waals surface area (Å²) in [6.45, 7) is 0.832. The number of primary amides is 1. The molecule has 0 saturated carbocycles. The zero-order chi connectivity index (χ0) is 13.7. The maximum Gasteiger partial charge on any atom is 0.217 e. The van der Waals surface area contributed by atoms with Crippen LogP contribution in [0.3, 0.4) is 0 Å². The smallest absolute Gasteiger partial charge is 0.217 e. The van der Waals surface area contributed by atoms with Crippen LogP contribution in [-0.4, -0.2) is 19.6 Å². The number of nitrogens with two attached hydrogens (primary N) is 1. The molecule has 1 aromatic rings. The number of methoxy groups -OCH3 is 1. The highest BCUT2D eigenvalue weighted by Gasteiger charge is 2.19. The first-order chi connectivity index (χ1) is 9.20. The third-order valence-corrected chi connectivity index (χ3v) is 3.66. The van der Waals surface area contributed by atoms with Crippen molar-refractivity contribution in [2.24, 2.45) is 5.73 Å². The van der Waals surface area contributed by atoms with E-state index in [9.17, 15) is 4.79 Å². The Hall–Kier alpha value is -1.55. The monoisotopic (exact) mass is 262 g/mol. The highest BCUT2D eigenvalue weighted by Crippen LogP contribution is 2.32. The van der Waals surface area contributed by atoms with Gasteiger partial charge in [-0.15, -0.1) is 0 Å². The Kier molecular flexibility index (Phi) is 4.80. The Morgan fingerprint density at radius 3 is 3.11 bits per heavy atom. The van der Waals surface area contributed by atoms with Gasteiger partial charge < -0.3 is 15.8 Å². The Bertz CT molecular complexity index is 446. The Balaban J connectivity index is 1.95. The van der Waals surface area contributed by atoms with E-state index in [0.717, 1.165) is 31.6 Å². The van der Waals surface area contributed by atoms with Gasteiger partial charge >= 0.3 is 0 Å². The largest absolute Gasteiger partial charge is 0.497 e. The fourth-order valence-corrected chi connectivity index (χ4v) is 2.67. The summed E-state index contributed by atoms with van der Waals surface area (Å²) in [5, 5.41) is 3.52. The number of carbonyl (C=O) groups excluding carboxylic acids is 1. The van der Waals surface area contributed by atoms with Crippen molar-refractivity contribution in [1.29, 1.82) is 0 Å². The molecular weight excluding hydrogens is 240 g/mol. The molecule has 0 aliphatic heterocycles. The molecule has 4 heteroatoms. The molecule has 1 aliphatic carbocycles. The number of amides is 1. The molecule has 104 valence electrons. The summed E-state index contributed by atoms with van der Waals surface area (Å²) in [6.07, 6.45) is 4.71. The zero-order valence-corrected chi connectivity index (χ0v) is 11.4. The van der Waals surface area contributed by atoms with Gasteiger partial charge in [-0.05, 0) is 55.5 Å². The first-order valence-corrected chi connectivity index (χ1v) is 6.89. The van der Waals surface area contributed by atoms with E-state index in [1.165, 1.54) is 17.5 Å². The molecule has 0 bridgehead atoms. The van der Waals surface area contributed by atoms with E-state index >= 15 is 0 Å². The second-order valence-electron chi connectivity index (χ2n) is 5.03. The predicted octanol–water partition coefficient (Wildman–Crippen LogP) is 1.93. The molecule has 3 N–H and O–H groups in total. The summed E-state index contributed by atoms with van der Waals surface area (Å²) in [5.74, 6) is 0.698. The number of ether oxygens (including phenoxy) is 1.